The molecule has 0 saturated heterocycles. The number of benzene rings is 2. The highest BCUT2D eigenvalue weighted by Crippen LogP contribution is 2.27. The van der Waals surface area contributed by atoms with Crippen LogP contribution in [-0.2, 0) is 0 Å². The summed E-state index contributed by atoms with van der Waals surface area (Å²) in [5.41, 5.74) is -0.474. The third kappa shape index (κ3) is 6.94. The Labute approximate surface area is 188 Å². The van der Waals surface area contributed by atoms with Crippen molar-refractivity contribution in [2.75, 3.05) is 13.2 Å². The molecule has 3 rings (SSSR count). The van der Waals surface area contributed by atoms with Crippen LogP contribution in [0.2, 0.25) is 0 Å². The first kappa shape index (κ1) is 24.0. The molecule has 0 atom stereocenters. The van der Waals surface area contributed by atoms with Crippen molar-refractivity contribution in [3.05, 3.63) is 53.6 Å². The van der Waals surface area contributed by atoms with Crippen LogP contribution in [-0.4, -0.2) is 19.2 Å². The zero-order chi connectivity index (χ0) is 22.8. The van der Waals surface area contributed by atoms with Crippen molar-refractivity contribution in [3.63, 3.8) is 0 Å². The molecule has 1 aliphatic carbocycles. The Morgan fingerprint density at radius 2 is 1.59 bits per heavy atom. The van der Waals surface area contributed by atoms with Gasteiger partial charge in [-0.25, -0.2) is 9.18 Å². The summed E-state index contributed by atoms with van der Waals surface area (Å²) in [4.78, 5) is 12.3. The monoisotopic (exact) mass is 446 g/mol. The van der Waals surface area contributed by atoms with E-state index in [1.807, 2.05) is 0 Å². The highest BCUT2D eigenvalue weighted by Gasteiger charge is 2.21. The van der Waals surface area contributed by atoms with Crippen LogP contribution in [0.1, 0.15) is 75.1 Å². The molecule has 0 aromatic heterocycles. The van der Waals surface area contributed by atoms with Crippen molar-refractivity contribution in [3.8, 4) is 17.2 Å². The van der Waals surface area contributed by atoms with Gasteiger partial charge in [0, 0.05) is 0 Å². The lowest BCUT2D eigenvalue weighted by Crippen LogP contribution is -2.15. The topological polar surface area (TPSA) is 44.8 Å². The Morgan fingerprint density at radius 3 is 2.31 bits per heavy atom. The van der Waals surface area contributed by atoms with Crippen LogP contribution in [0.4, 0.5) is 8.78 Å². The maximum atomic E-state index is 14.4. The quantitative estimate of drug-likeness (QED) is 0.210. The SMILES string of the molecule is CCCCCCOc1ccc(C(=O)Oc2ccc(OCC3CCCCC3)cc2)c(F)c1F. The predicted octanol–water partition coefficient (Wildman–Crippen LogP) is 7.10. The van der Waals surface area contributed by atoms with Gasteiger partial charge in [0.15, 0.2) is 11.6 Å². The Hall–Kier alpha value is -2.63. The smallest absolute Gasteiger partial charge is 0.346 e. The van der Waals surface area contributed by atoms with Gasteiger partial charge in [-0.1, -0.05) is 45.4 Å². The summed E-state index contributed by atoms with van der Waals surface area (Å²) in [6, 6.07) is 9.02. The second-order valence-electron chi connectivity index (χ2n) is 8.32. The summed E-state index contributed by atoms with van der Waals surface area (Å²) >= 11 is 0. The van der Waals surface area contributed by atoms with Crippen molar-refractivity contribution < 1.29 is 27.8 Å². The van der Waals surface area contributed by atoms with Gasteiger partial charge in [0.25, 0.3) is 0 Å². The molecule has 0 spiro atoms. The molecule has 0 radical (unpaired) electrons. The van der Waals surface area contributed by atoms with E-state index in [0.717, 1.165) is 25.7 Å². The number of halogens is 2. The summed E-state index contributed by atoms with van der Waals surface area (Å²) in [5.74, 6) is -2.11. The molecule has 4 nitrogen and oxygen atoms in total. The van der Waals surface area contributed by atoms with Gasteiger partial charge in [-0.05, 0) is 61.6 Å². The first-order chi connectivity index (χ1) is 15.6. The Morgan fingerprint density at radius 1 is 0.875 bits per heavy atom. The lowest BCUT2D eigenvalue weighted by Gasteiger charge is -2.21. The number of unbranched alkanes of at least 4 members (excludes halogenated alkanes) is 3. The lowest BCUT2D eigenvalue weighted by molar-refractivity contribution is 0.0728. The van der Waals surface area contributed by atoms with Gasteiger partial charge in [-0.2, -0.15) is 4.39 Å². The van der Waals surface area contributed by atoms with Crippen LogP contribution in [0.25, 0.3) is 0 Å². The molecule has 1 saturated carbocycles. The van der Waals surface area contributed by atoms with Gasteiger partial charge in [-0.3, -0.25) is 0 Å². The maximum Gasteiger partial charge on any atom is 0.346 e. The highest BCUT2D eigenvalue weighted by atomic mass is 19.2. The minimum absolute atomic E-state index is 0.199. The van der Waals surface area contributed by atoms with E-state index in [4.69, 9.17) is 14.2 Å². The Kier molecular flexibility index (Phi) is 9.32. The second kappa shape index (κ2) is 12.4. The van der Waals surface area contributed by atoms with Gasteiger partial charge in [0.05, 0.1) is 18.8 Å². The number of rotatable bonds is 11. The average molecular weight is 447 g/mol. The number of esters is 1. The van der Waals surface area contributed by atoms with Gasteiger partial charge in [-0.15, -0.1) is 0 Å². The average Bonchev–Trinajstić information content (AvgIpc) is 2.81. The van der Waals surface area contributed by atoms with Crippen LogP contribution < -0.4 is 14.2 Å². The van der Waals surface area contributed by atoms with Gasteiger partial charge in [0.2, 0.25) is 5.82 Å². The van der Waals surface area contributed by atoms with Crippen LogP contribution in [0.3, 0.4) is 0 Å². The van der Waals surface area contributed by atoms with E-state index in [1.54, 1.807) is 24.3 Å². The molecule has 1 fully saturated rings. The number of hydrogen-bond acceptors (Lipinski definition) is 4. The molecule has 0 aliphatic heterocycles. The van der Waals surface area contributed by atoms with Crippen molar-refractivity contribution in [1.29, 1.82) is 0 Å². The first-order valence-corrected chi connectivity index (χ1v) is 11.6. The zero-order valence-electron chi connectivity index (χ0n) is 18.7. The molecule has 2 aromatic rings. The first-order valence-electron chi connectivity index (χ1n) is 11.6. The van der Waals surface area contributed by atoms with Crippen LogP contribution in [0, 0.1) is 17.6 Å². The van der Waals surface area contributed by atoms with E-state index >= 15 is 0 Å². The lowest BCUT2D eigenvalue weighted by atomic mass is 9.90. The molecular formula is C26H32F2O4. The Bertz CT molecular complexity index is 861. The largest absolute Gasteiger partial charge is 0.493 e. The zero-order valence-corrected chi connectivity index (χ0v) is 18.7. The van der Waals surface area contributed by atoms with Crippen molar-refractivity contribution in [2.24, 2.45) is 5.92 Å². The second-order valence-corrected chi connectivity index (χ2v) is 8.32. The van der Waals surface area contributed by atoms with Crippen molar-refractivity contribution in [2.45, 2.75) is 64.7 Å². The summed E-state index contributed by atoms with van der Waals surface area (Å²) in [5, 5.41) is 0. The molecule has 0 unspecified atom stereocenters. The number of carbonyl (C=O) groups excluding carboxylic acids is 1. The highest BCUT2D eigenvalue weighted by molar-refractivity contribution is 5.91. The summed E-state index contributed by atoms with van der Waals surface area (Å²) in [7, 11) is 0. The number of carbonyl (C=O) groups is 1. The number of ether oxygens (including phenoxy) is 3. The minimum Gasteiger partial charge on any atom is -0.493 e. The normalized spacial score (nSPS) is 14.2. The van der Waals surface area contributed by atoms with E-state index in [9.17, 15) is 13.6 Å². The predicted molar refractivity (Wildman–Crippen MR) is 119 cm³/mol. The van der Waals surface area contributed by atoms with Gasteiger partial charge >= 0.3 is 5.97 Å². The molecule has 0 heterocycles. The van der Waals surface area contributed by atoms with E-state index in [1.165, 1.54) is 44.2 Å². The van der Waals surface area contributed by atoms with Gasteiger partial charge in [0.1, 0.15) is 11.5 Å². The van der Waals surface area contributed by atoms with E-state index in [0.29, 0.717) is 24.9 Å². The van der Waals surface area contributed by atoms with Crippen molar-refractivity contribution >= 4 is 5.97 Å². The van der Waals surface area contributed by atoms with E-state index in [2.05, 4.69) is 6.92 Å². The molecule has 6 heteroatoms. The fourth-order valence-corrected chi connectivity index (χ4v) is 3.85. The fraction of sp³-hybridized carbons (Fsp3) is 0.500. The Balaban J connectivity index is 1.52. The fourth-order valence-electron chi connectivity index (χ4n) is 3.85. The van der Waals surface area contributed by atoms with Crippen molar-refractivity contribution in [1.82, 2.24) is 0 Å². The molecule has 0 N–H and O–H groups in total. The van der Waals surface area contributed by atoms with E-state index < -0.39 is 23.2 Å². The molecule has 1 aliphatic rings. The third-order valence-corrected chi connectivity index (χ3v) is 5.77. The summed E-state index contributed by atoms with van der Waals surface area (Å²) < 4.78 is 45.1. The molecule has 2 aromatic carbocycles. The van der Waals surface area contributed by atoms with Gasteiger partial charge < -0.3 is 14.2 Å². The van der Waals surface area contributed by atoms with Crippen LogP contribution in [0.15, 0.2) is 36.4 Å². The molecule has 32 heavy (non-hydrogen) atoms. The molecule has 0 amide bonds. The molecule has 0 bridgehead atoms. The molecular weight excluding hydrogens is 414 g/mol. The van der Waals surface area contributed by atoms with Crippen LogP contribution in [0.5, 0.6) is 17.2 Å². The summed E-state index contributed by atoms with van der Waals surface area (Å²) in [6.45, 7) is 3.07. The number of hydrogen-bond donors (Lipinski definition) is 0. The third-order valence-electron chi connectivity index (χ3n) is 5.77. The standard InChI is InChI=1S/C26H32F2O4/c1-2-3-4-8-17-30-23-16-15-22(24(27)25(23)28)26(29)32-21-13-11-20(12-14-21)31-18-19-9-6-5-7-10-19/h11-16,19H,2-10,17-18H2,1H3. The summed E-state index contributed by atoms with van der Waals surface area (Å²) in [6.07, 6.45) is 10.1. The van der Waals surface area contributed by atoms with Crippen LogP contribution >= 0.6 is 0 Å². The maximum absolute atomic E-state index is 14.4. The van der Waals surface area contributed by atoms with E-state index in [-0.39, 0.29) is 11.5 Å². The minimum atomic E-state index is -1.27. The molecule has 174 valence electrons.